The van der Waals surface area contributed by atoms with Crippen molar-refractivity contribution in [3.05, 3.63) is 77.4 Å². The normalized spacial score (nSPS) is 19.1. The molecule has 0 radical (unpaired) electrons. The number of methoxy groups -OCH3 is 2. The third-order valence-corrected chi connectivity index (χ3v) is 8.93. The zero-order valence-electron chi connectivity index (χ0n) is 28.8. The Labute approximate surface area is 279 Å². The van der Waals surface area contributed by atoms with E-state index in [9.17, 15) is 14.7 Å². The van der Waals surface area contributed by atoms with Gasteiger partial charge in [-0.15, -0.1) is 0 Å². The van der Waals surface area contributed by atoms with Crippen molar-refractivity contribution in [2.24, 2.45) is 0 Å². The molecule has 1 heterocycles. The molecular formula is C36H50O10Si. The van der Waals surface area contributed by atoms with Crippen LogP contribution in [-0.2, 0) is 23.7 Å². The Bertz CT molecular complexity index is 1360. The van der Waals surface area contributed by atoms with Gasteiger partial charge < -0.3 is 38.3 Å². The number of carbonyl (C=O) groups excluding carboxylic acids is 2. The summed E-state index contributed by atoms with van der Waals surface area (Å²) in [4.78, 5) is 26.5. The zero-order chi connectivity index (χ0) is 34.6. The number of aliphatic hydroxyl groups excluding tert-OH is 1. The summed E-state index contributed by atoms with van der Waals surface area (Å²) in [5.74, 6) is -1.20. The second-order valence-electron chi connectivity index (χ2n) is 13.1. The zero-order valence-corrected chi connectivity index (χ0v) is 29.8. The van der Waals surface area contributed by atoms with Gasteiger partial charge in [-0.2, -0.15) is 0 Å². The van der Waals surface area contributed by atoms with Crippen molar-refractivity contribution in [3.8, 4) is 11.5 Å². The van der Waals surface area contributed by atoms with E-state index in [4.69, 9.17) is 33.2 Å². The Hall–Kier alpha value is -3.48. The van der Waals surface area contributed by atoms with Crippen LogP contribution < -0.4 is 9.47 Å². The summed E-state index contributed by atoms with van der Waals surface area (Å²) in [6.45, 7) is 12.2. The summed E-state index contributed by atoms with van der Waals surface area (Å²) in [7, 11) is 1.60. The minimum atomic E-state index is -1.43. The first-order chi connectivity index (χ1) is 22.2. The first-order valence-corrected chi connectivity index (χ1v) is 19.6. The second-order valence-corrected chi connectivity index (χ2v) is 18.7. The Kier molecular flexibility index (Phi) is 14.2. The molecule has 1 aliphatic heterocycles. The molecule has 258 valence electrons. The molecule has 2 aromatic carbocycles. The molecule has 0 bridgehead atoms. The van der Waals surface area contributed by atoms with Crippen LogP contribution in [0.5, 0.6) is 11.5 Å². The molecule has 1 fully saturated rings. The quantitative estimate of drug-likeness (QED) is 0.0848. The number of hydrogen-bond donors (Lipinski definition) is 1. The molecule has 10 nitrogen and oxygen atoms in total. The van der Waals surface area contributed by atoms with Crippen LogP contribution in [0.1, 0.15) is 59.9 Å². The first-order valence-electron chi connectivity index (χ1n) is 15.9. The number of hydrogen-bond acceptors (Lipinski definition) is 10. The van der Waals surface area contributed by atoms with Gasteiger partial charge in [0.2, 0.25) is 0 Å². The third-order valence-electron chi connectivity index (χ3n) is 7.23. The molecule has 0 amide bonds. The molecule has 0 saturated carbocycles. The topological polar surface area (TPSA) is 119 Å². The van der Waals surface area contributed by atoms with Crippen LogP contribution in [0.3, 0.4) is 0 Å². The smallest absolute Gasteiger partial charge is 0.342 e. The molecule has 1 N–H and O–H groups in total. The maximum atomic E-state index is 13.4. The second kappa shape index (κ2) is 17.6. The van der Waals surface area contributed by atoms with Crippen molar-refractivity contribution in [2.45, 2.75) is 89.5 Å². The highest BCUT2D eigenvalue weighted by Crippen LogP contribution is 2.35. The van der Waals surface area contributed by atoms with Crippen LogP contribution >= 0.6 is 0 Å². The van der Waals surface area contributed by atoms with E-state index in [2.05, 4.69) is 19.6 Å². The fraction of sp³-hybridized carbons (Fsp3) is 0.500. The highest BCUT2D eigenvalue weighted by atomic mass is 28.3. The van der Waals surface area contributed by atoms with E-state index >= 15 is 0 Å². The lowest BCUT2D eigenvalue weighted by Crippen LogP contribution is -2.37. The first kappa shape index (κ1) is 38.0. The van der Waals surface area contributed by atoms with Crippen molar-refractivity contribution >= 4 is 26.1 Å². The van der Waals surface area contributed by atoms with Crippen LogP contribution in [0.2, 0.25) is 25.7 Å². The van der Waals surface area contributed by atoms with E-state index in [1.807, 2.05) is 12.1 Å². The van der Waals surface area contributed by atoms with E-state index < -0.39 is 50.2 Å². The van der Waals surface area contributed by atoms with E-state index in [1.165, 1.54) is 14.2 Å². The maximum Gasteiger partial charge on any atom is 0.342 e. The number of benzene rings is 2. The monoisotopic (exact) mass is 670 g/mol. The minimum Gasteiger partial charge on any atom is -0.497 e. The summed E-state index contributed by atoms with van der Waals surface area (Å²) >= 11 is 0. The van der Waals surface area contributed by atoms with Gasteiger partial charge in [0, 0.05) is 21.3 Å². The summed E-state index contributed by atoms with van der Waals surface area (Å²) in [5.41, 5.74) is 1.20. The van der Waals surface area contributed by atoms with Gasteiger partial charge in [0.25, 0.3) is 0 Å². The predicted molar refractivity (Wildman–Crippen MR) is 182 cm³/mol. The largest absolute Gasteiger partial charge is 0.497 e. The molecule has 2 aromatic rings. The van der Waals surface area contributed by atoms with Gasteiger partial charge in [-0.05, 0) is 69.5 Å². The molecule has 1 unspecified atom stereocenters. The summed E-state index contributed by atoms with van der Waals surface area (Å²) in [6, 6.07) is 12.9. The Morgan fingerprint density at radius 2 is 1.77 bits per heavy atom. The van der Waals surface area contributed by atoms with Crippen LogP contribution in [-0.4, -0.2) is 82.9 Å². The van der Waals surface area contributed by atoms with Gasteiger partial charge >= 0.3 is 11.9 Å². The van der Waals surface area contributed by atoms with Crippen LogP contribution in [0.25, 0.3) is 6.08 Å². The van der Waals surface area contributed by atoms with Gasteiger partial charge in [0.15, 0.2) is 12.6 Å². The number of aliphatic hydroxyl groups is 1. The van der Waals surface area contributed by atoms with Gasteiger partial charge in [-0.1, -0.05) is 56.1 Å². The molecule has 1 saturated heterocycles. The van der Waals surface area contributed by atoms with Crippen LogP contribution in [0.15, 0.2) is 60.7 Å². The van der Waals surface area contributed by atoms with Gasteiger partial charge in [-0.25, -0.2) is 9.59 Å². The van der Waals surface area contributed by atoms with Gasteiger partial charge in [0.05, 0.1) is 31.5 Å². The molecule has 0 spiro atoms. The summed E-state index contributed by atoms with van der Waals surface area (Å²) in [5, 5.41) is 9.82. The van der Waals surface area contributed by atoms with Crippen molar-refractivity contribution in [1.82, 2.24) is 0 Å². The molecule has 0 aromatic heterocycles. The molecule has 0 aliphatic carbocycles. The SMILES string of the molecule is COCOc1cc(OC)cc(C=CC[C@@H]2OC(C)(C)O[C@@H]2C(C=CC[C@@H](C)O)OC(=O)c2ccccc2)c1C(=O)OCC[Si](C)(C)C. The van der Waals surface area contributed by atoms with E-state index in [-0.39, 0.29) is 18.1 Å². The van der Waals surface area contributed by atoms with E-state index in [1.54, 1.807) is 75.4 Å². The summed E-state index contributed by atoms with van der Waals surface area (Å²) < 4.78 is 40.6. The Morgan fingerprint density at radius 1 is 1.04 bits per heavy atom. The molecule has 47 heavy (non-hydrogen) atoms. The lowest BCUT2D eigenvalue weighted by Gasteiger charge is -2.24. The average Bonchev–Trinajstić information content (AvgIpc) is 3.32. The lowest BCUT2D eigenvalue weighted by molar-refractivity contribution is -0.152. The van der Waals surface area contributed by atoms with Crippen LogP contribution in [0.4, 0.5) is 0 Å². The average molecular weight is 671 g/mol. The molecular weight excluding hydrogens is 620 g/mol. The van der Waals surface area contributed by atoms with Crippen molar-refractivity contribution in [3.63, 3.8) is 0 Å². The number of ether oxygens (including phenoxy) is 7. The lowest BCUT2D eigenvalue weighted by atomic mass is 10.0. The minimum absolute atomic E-state index is 0.0683. The van der Waals surface area contributed by atoms with E-state index in [0.29, 0.717) is 36.3 Å². The number of carbonyl (C=O) groups is 2. The Morgan fingerprint density at radius 3 is 2.40 bits per heavy atom. The molecule has 4 atom stereocenters. The number of rotatable bonds is 17. The molecule has 11 heteroatoms. The van der Waals surface area contributed by atoms with Gasteiger partial charge in [-0.3, -0.25) is 0 Å². The van der Waals surface area contributed by atoms with E-state index in [0.717, 1.165) is 6.04 Å². The highest BCUT2D eigenvalue weighted by Gasteiger charge is 2.45. The number of esters is 2. The highest BCUT2D eigenvalue weighted by molar-refractivity contribution is 6.76. The fourth-order valence-electron chi connectivity index (χ4n) is 4.88. The Balaban J connectivity index is 1.92. The fourth-order valence-corrected chi connectivity index (χ4v) is 5.60. The maximum absolute atomic E-state index is 13.4. The molecule has 3 rings (SSSR count). The standard InChI is InChI=1S/C36H50O10Si/c1-25(37)14-12-18-29(44-34(38)26-15-10-9-11-16-26)33-30(45-36(2,3)46-33)19-13-17-27-22-28(41-5)23-31(43-24-40-4)32(27)35(39)42-20-21-47(6,7)8/h9-13,15-18,22-23,25,29-30,33,37H,14,19-21,24H2,1-8H3/t25-,29?,30+,33-/m1/s1. The third kappa shape index (κ3) is 12.2. The van der Waals surface area contributed by atoms with Crippen molar-refractivity contribution in [1.29, 1.82) is 0 Å². The van der Waals surface area contributed by atoms with Crippen molar-refractivity contribution < 1.29 is 47.9 Å². The van der Waals surface area contributed by atoms with Gasteiger partial charge in [0.1, 0.15) is 29.3 Å². The van der Waals surface area contributed by atoms with Crippen molar-refractivity contribution in [2.75, 3.05) is 27.6 Å². The summed E-state index contributed by atoms with van der Waals surface area (Å²) in [6.07, 6.45) is 5.34. The molecule has 1 aliphatic rings. The predicted octanol–water partition coefficient (Wildman–Crippen LogP) is 6.65. The van der Waals surface area contributed by atoms with Crippen LogP contribution in [0, 0.1) is 0 Å².